The molecule has 2 atom stereocenters. The van der Waals surface area contributed by atoms with Crippen LogP contribution in [0.3, 0.4) is 0 Å². The number of hydrogen-bond donors (Lipinski definition) is 2. The normalized spacial score (nSPS) is 18.1. The van der Waals surface area contributed by atoms with Gasteiger partial charge in [0.2, 0.25) is 0 Å². The van der Waals surface area contributed by atoms with Crippen LogP contribution in [0.15, 0.2) is 28.7 Å². The fourth-order valence-electron chi connectivity index (χ4n) is 3.28. The van der Waals surface area contributed by atoms with E-state index in [0.29, 0.717) is 13.2 Å². The second-order valence-corrected chi connectivity index (χ2v) is 6.55. The van der Waals surface area contributed by atoms with E-state index in [1.165, 1.54) is 12.8 Å². The van der Waals surface area contributed by atoms with Crippen LogP contribution >= 0.6 is 0 Å². The third-order valence-electron chi connectivity index (χ3n) is 4.58. The zero-order valence-electron chi connectivity index (χ0n) is 14.6. The zero-order valence-corrected chi connectivity index (χ0v) is 14.6. The summed E-state index contributed by atoms with van der Waals surface area (Å²) in [5, 5.41) is 14.6. The summed E-state index contributed by atoms with van der Waals surface area (Å²) in [6.07, 6.45) is 2.14. The molecule has 1 saturated heterocycles. The third kappa shape index (κ3) is 4.09. The van der Waals surface area contributed by atoms with Gasteiger partial charge in [0, 0.05) is 18.5 Å². The molecule has 0 radical (unpaired) electrons. The van der Waals surface area contributed by atoms with Crippen molar-refractivity contribution in [3.05, 3.63) is 30.0 Å². The molecule has 0 amide bonds. The zero-order chi connectivity index (χ0) is 16.9. The largest absolute Gasteiger partial charge is 0.490 e. The number of hydrogen-bond acceptors (Lipinski definition) is 5. The average Bonchev–Trinajstić information content (AvgIpc) is 3.22. The number of benzene rings is 1. The van der Waals surface area contributed by atoms with Gasteiger partial charge in [-0.2, -0.15) is 0 Å². The minimum absolute atomic E-state index is 0.0418. The molecule has 2 N–H and O–H groups in total. The number of furan rings is 1. The summed E-state index contributed by atoms with van der Waals surface area (Å²) in [5.41, 5.74) is 0.792. The predicted molar refractivity (Wildman–Crippen MR) is 95.5 cm³/mol. The summed E-state index contributed by atoms with van der Waals surface area (Å²) < 4.78 is 11.6. The lowest BCUT2D eigenvalue weighted by atomic mass is 10.2. The first-order chi connectivity index (χ1) is 11.7. The molecule has 1 aliphatic rings. The Morgan fingerprint density at radius 1 is 1.33 bits per heavy atom. The predicted octanol–water partition coefficient (Wildman–Crippen LogP) is 2.94. The molecule has 24 heavy (non-hydrogen) atoms. The Hall–Kier alpha value is -1.56. The van der Waals surface area contributed by atoms with E-state index in [1.54, 1.807) is 0 Å². The number of aliphatic hydroxyl groups excluding tert-OH is 1. The van der Waals surface area contributed by atoms with Crippen molar-refractivity contribution in [3.8, 4) is 5.75 Å². The maximum Gasteiger partial charge on any atom is 0.176 e. The average molecular weight is 332 g/mol. The van der Waals surface area contributed by atoms with E-state index >= 15 is 0 Å². The van der Waals surface area contributed by atoms with Crippen LogP contribution in [-0.2, 0) is 0 Å². The Morgan fingerprint density at radius 3 is 2.88 bits per heavy atom. The van der Waals surface area contributed by atoms with Crippen molar-refractivity contribution in [2.45, 2.75) is 38.8 Å². The summed E-state index contributed by atoms with van der Waals surface area (Å²) in [7, 11) is 0. The van der Waals surface area contributed by atoms with Gasteiger partial charge in [0.15, 0.2) is 11.3 Å². The molecule has 0 spiro atoms. The van der Waals surface area contributed by atoms with Gasteiger partial charge >= 0.3 is 0 Å². The lowest BCUT2D eigenvalue weighted by Gasteiger charge is -2.21. The van der Waals surface area contributed by atoms with Crippen molar-refractivity contribution in [1.82, 2.24) is 10.2 Å². The number of rotatable bonds is 8. The molecule has 132 valence electrons. The van der Waals surface area contributed by atoms with Gasteiger partial charge in [0.25, 0.3) is 0 Å². The molecule has 1 aromatic carbocycles. The molecule has 1 aromatic heterocycles. The van der Waals surface area contributed by atoms with E-state index in [1.807, 2.05) is 31.2 Å². The van der Waals surface area contributed by atoms with Crippen LogP contribution in [0.1, 0.15) is 38.5 Å². The molecule has 2 aromatic rings. The van der Waals surface area contributed by atoms with Crippen molar-refractivity contribution < 1.29 is 14.3 Å². The fraction of sp³-hybridized carbons (Fsp3) is 0.579. The monoisotopic (exact) mass is 332 g/mol. The lowest BCUT2D eigenvalue weighted by Crippen LogP contribution is -2.37. The standard InChI is InChI=1S/C19H28N2O3/c1-3-23-17-8-6-7-15-11-18(24-19(15)17)14(2)20-12-16(22)13-21-9-4-5-10-21/h6-8,11,14,16,20,22H,3-5,9-10,12-13H2,1-2H3. The Labute approximate surface area is 143 Å². The number of aliphatic hydroxyl groups is 1. The van der Waals surface area contributed by atoms with Crippen LogP contribution in [0.2, 0.25) is 0 Å². The van der Waals surface area contributed by atoms with Gasteiger partial charge in [0.05, 0.1) is 18.8 Å². The highest BCUT2D eigenvalue weighted by atomic mass is 16.5. The van der Waals surface area contributed by atoms with Gasteiger partial charge in [-0.15, -0.1) is 0 Å². The molecule has 2 unspecified atom stereocenters. The quantitative estimate of drug-likeness (QED) is 0.778. The van der Waals surface area contributed by atoms with Crippen molar-refractivity contribution in [2.75, 3.05) is 32.8 Å². The van der Waals surface area contributed by atoms with Crippen molar-refractivity contribution in [3.63, 3.8) is 0 Å². The van der Waals surface area contributed by atoms with Crippen LogP contribution in [-0.4, -0.2) is 48.9 Å². The van der Waals surface area contributed by atoms with E-state index in [4.69, 9.17) is 9.15 Å². The number of likely N-dealkylation sites (tertiary alicyclic amines) is 1. The first-order valence-electron chi connectivity index (χ1n) is 8.96. The minimum atomic E-state index is -0.353. The highest BCUT2D eigenvalue weighted by Gasteiger charge is 2.18. The van der Waals surface area contributed by atoms with Crippen LogP contribution in [0.5, 0.6) is 5.75 Å². The molecule has 5 heteroatoms. The molecular formula is C19H28N2O3. The summed E-state index contributed by atoms with van der Waals surface area (Å²) in [5.74, 6) is 1.65. The number of fused-ring (bicyclic) bond motifs is 1. The topological polar surface area (TPSA) is 57.9 Å². The van der Waals surface area contributed by atoms with Crippen LogP contribution in [0, 0.1) is 0 Å². The number of nitrogens with zero attached hydrogens (tertiary/aromatic N) is 1. The fourth-order valence-corrected chi connectivity index (χ4v) is 3.28. The summed E-state index contributed by atoms with van der Waals surface area (Å²) in [6.45, 7) is 8.16. The van der Waals surface area contributed by atoms with Crippen molar-refractivity contribution in [1.29, 1.82) is 0 Å². The molecular weight excluding hydrogens is 304 g/mol. The number of ether oxygens (including phenoxy) is 1. The van der Waals surface area contributed by atoms with Crippen LogP contribution in [0.25, 0.3) is 11.0 Å². The minimum Gasteiger partial charge on any atom is -0.490 e. The number of para-hydroxylation sites is 1. The molecule has 0 aliphatic carbocycles. The first-order valence-corrected chi connectivity index (χ1v) is 8.96. The Bertz CT molecular complexity index is 649. The summed E-state index contributed by atoms with van der Waals surface area (Å²) >= 11 is 0. The summed E-state index contributed by atoms with van der Waals surface area (Å²) in [4.78, 5) is 2.33. The Balaban J connectivity index is 1.59. The van der Waals surface area contributed by atoms with Crippen molar-refractivity contribution >= 4 is 11.0 Å². The molecule has 3 rings (SSSR count). The van der Waals surface area contributed by atoms with E-state index < -0.39 is 0 Å². The van der Waals surface area contributed by atoms with E-state index in [0.717, 1.165) is 42.1 Å². The van der Waals surface area contributed by atoms with Gasteiger partial charge in [-0.25, -0.2) is 0 Å². The number of β-amino-alcohol motifs (C(OH)–C–C–N with tert-alkyl or cyclic N) is 1. The third-order valence-corrected chi connectivity index (χ3v) is 4.58. The van der Waals surface area contributed by atoms with Gasteiger partial charge in [-0.05, 0) is 51.9 Å². The smallest absolute Gasteiger partial charge is 0.176 e. The molecule has 1 fully saturated rings. The van der Waals surface area contributed by atoms with Gasteiger partial charge < -0.3 is 24.5 Å². The van der Waals surface area contributed by atoms with E-state index in [-0.39, 0.29) is 12.1 Å². The molecule has 1 aliphatic heterocycles. The molecule has 2 heterocycles. The Morgan fingerprint density at radius 2 is 2.12 bits per heavy atom. The SMILES string of the molecule is CCOc1cccc2cc(C(C)NCC(O)CN3CCCC3)oc12. The van der Waals surface area contributed by atoms with Gasteiger partial charge in [-0.1, -0.05) is 12.1 Å². The van der Waals surface area contributed by atoms with Crippen LogP contribution in [0.4, 0.5) is 0 Å². The molecule has 5 nitrogen and oxygen atoms in total. The maximum absolute atomic E-state index is 10.2. The molecule has 0 bridgehead atoms. The van der Waals surface area contributed by atoms with Crippen LogP contribution < -0.4 is 10.1 Å². The van der Waals surface area contributed by atoms with E-state index in [9.17, 15) is 5.11 Å². The number of nitrogens with one attached hydrogen (secondary N) is 1. The molecule has 0 saturated carbocycles. The highest BCUT2D eigenvalue weighted by molar-refractivity contribution is 5.83. The summed E-state index contributed by atoms with van der Waals surface area (Å²) in [6, 6.07) is 8.02. The lowest BCUT2D eigenvalue weighted by molar-refractivity contribution is 0.120. The first kappa shape index (κ1) is 17.3. The second-order valence-electron chi connectivity index (χ2n) is 6.55. The van der Waals surface area contributed by atoms with E-state index in [2.05, 4.69) is 17.1 Å². The second kappa shape index (κ2) is 8.01. The Kier molecular flexibility index (Phi) is 5.76. The van der Waals surface area contributed by atoms with Gasteiger partial charge in [-0.3, -0.25) is 0 Å². The van der Waals surface area contributed by atoms with Gasteiger partial charge in [0.1, 0.15) is 5.76 Å². The highest BCUT2D eigenvalue weighted by Crippen LogP contribution is 2.31. The maximum atomic E-state index is 10.2. The van der Waals surface area contributed by atoms with Crippen molar-refractivity contribution in [2.24, 2.45) is 0 Å².